The SMILES string of the molecule is COc1ccc(C2SCC(=O)N2CC(C)(C)CN(C)C)cc1OC1CCCC1. The Hall–Kier alpha value is -1.40. The molecule has 6 heteroatoms. The zero-order valence-electron chi connectivity index (χ0n) is 17.9. The summed E-state index contributed by atoms with van der Waals surface area (Å²) >= 11 is 1.70. The van der Waals surface area contributed by atoms with Gasteiger partial charge in [-0.2, -0.15) is 0 Å². The van der Waals surface area contributed by atoms with E-state index in [2.05, 4.69) is 45.0 Å². The molecule has 156 valence electrons. The number of thioether (sulfide) groups is 1. The van der Waals surface area contributed by atoms with Gasteiger partial charge in [0.2, 0.25) is 5.91 Å². The molecule has 2 aliphatic rings. The number of hydrogen-bond donors (Lipinski definition) is 0. The van der Waals surface area contributed by atoms with E-state index in [-0.39, 0.29) is 22.8 Å². The predicted octanol–water partition coefficient (Wildman–Crippen LogP) is 4.18. The fourth-order valence-corrected chi connectivity index (χ4v) is 5.57. The van der Waals surface area contributed by atoms with Gasteiger partial charge in [-0.15, -0.1) is 11.8 Å². The molecule has 1 saturated carbocycles. The Balaban J connectivity index is 1.81. The minimum Gasteiger partial charge on any atom is -0.493 e. The first-order valence-electron chi connectivity index (χ1n) is 10.2. The van der Waals surface area contributed by atoms with Crippen LogP contribution in [0.15, 0.2) is 18.2 Å². The van der Waals surface area contributed by atoms with Crippen LogP contribution in [0.2, 0.25) is 0 Å². The Morgan fingerprint density at radius 3 is 2.57 bits per heavy atom. The monoisotopic (exact) mass is 406 g/mol. The lowest BCUT2D eigenvalue weighted by Crippen LogP contribution is -2.41. The van der Waals surface area contributed by atoms with Gasteiger partial charge in [0.1, 0.15) is 5.37 Å². The van der Waals surface area contributed by atoms with Crippen LogP contribution in [0.4, 0.5) is 0 Å². The van der Waals surface area contributed by atoms with E-state index in [9.17, 15) is 4.79 Å². The fourth-order valence-electron chi connectivity index (χ4n) is 4.39. The highest BCUT2D eigenvalue weighted by Crippen LogP contribution is 2.43. The largest absolute Gasteiger partial charge is 0.493 e. The van der Waals surface area contributed by atoms with Crippen molar-refractivity contribution in [1.29, 1.82) is 0 Å². The molecule has 0 bridgehead atoms. The van der Waals surface area contributed by atoms with Gasteiger partial charge in [-0.05, 0) is 62.9 Å². The highest BCUT2D eigenvalue weighted by molar-refractivity contribution is 8.00. The normalized spacial score (nSPS) is 21.0. The molecule has 28 heavy (non-hydrogen) atoms. The standard InChI is InChI=1S/C22H34N2O3S/c1-22(2,14-23(3)4)15-24-20(25)13-28-21(24)16-10-11-18(26-5)19(12-16)27-17-8-6-7-9-17/h10-12,17,21H,6-9,13-15H2,1-5H3. The van der Waals surface area contributed by atoms with Crippen molar-refractivity contribution in [1.82, 2.24) is 9.80 Å². The molecule has 1 heterocycles. The summed E-state index contributed by atoms with van der Waals surface area (Å²) in [6, 6.07) is 6.13. The van der Waals surface area contributed by atoms with Crippen LogP contribution in [-0.4, -0.2) is 61.9 Å². The first-order chi connectivity index (χ1) is 13.3. The summed E-state index contributed by atoms with van der Waals surface area (Å²) in [5.74, 6) is 2.33. The zero-order chi connectivity index (χ0) is 20.3. The van der Waals surface area contributed by atoms with Crippen molar-refractivity contribution >= 4 is 17.7 Å². The van der Waals surface area contributed by atoms with Crippen molar-refractivity contribution < 1.29 is 14.3 Å². The number of hydrogen-bond acceptors (Lipinski definition) is 5. The summed E-state index contributed by atoms with van der Waals surface area (Å²) in [7, 11) is 5.84. The molecule has 3 rings (SSSR count). The van der Waals surface area contributed by atoms with Crippen molar-refractivity contribution in [3.63, 3.8) is 0 Å². The van der Waals surface area contributed by atoms with Gasteiger partial charge in [0.15, 0.2) is 11.5 Å². The Bertz CT molecular complexity index is 686. The molecule has 0 spiro atoms. The van der Waals surface area contributed by atoms with E-state index < -0.39 is 0 Å². The Morgan fingerprint density at radius 2 is 1.93 bits per heavy atom. The van der Waals surface area contributed by atoms with Crippen LogP contribution < -0.4 is 9.47 Å². The molecule has 0 N–H and O–H groups in total. The van der Waals surface area contributed by atoms with Crippen molar-refractivity contribution in [3.05, 3.63) is 23.8 Å². The molecule has 1 saturated heterocycles. The third kappa shape index (κ3) is 5.15. The van der Waals surface area contributed by atoms with Gasteiger partial charge in [0.25, 0.3) is 0 Å². The van der Waals surface area contributed by atoms with Gasteiger partial charge in [0.05, 0.1) is 19.0 Å². The highest BCUT2D eigenvalue weighted by Gasteiger charge is 2.37. The second-order valence-corrected chi connectivity index (χ2v) is 10.1. The second kappa shape index (κ2) is 8.95. The maximum atomic E-state index is 12.6. The molecule has 1 unspecified atom stereocenters. The first-order valence-corrected chi connectivity index (χ1v) is 11.2. The van der Waals surface area contributed by atoms with Crippen LogP contribution in [0, 0.1) is 5.41 Å². The molecular weight excluding hydrogens is 372 g/mol. The van der Waals surface area contributed by atoms with Crippen molar-refractivity contribution in [2.75, 3.05) is 40.0 Å². The predicted molar refractivity (Wildman–Crippen MR) is 115 cm³/mol. The maximum Gasteiger partial charge on any atom is 0.233 e. The van der Waals surface area contributed by atoms with Crippen molar-refractivity contribution in [2.45, 2.75) is 51.0 Å². The summed E-state index contributed by atoms with van der Waals surface area (Å²) in [4.78, 5) is 16.9. The smallest absolute Gasteiger partial charge is 0.233 e. The van der Waals surface area contributed by atoms with E-state index >= 15 is 0 Å². The minimum absolute atomic E-state index is 0.0258. The third-order valence-electron chi connectivity index (χ3n) is 5.38. The number of nitrogens with zero attached hydrogens (tertiary/aromatic N) is 2. The molecule has 1 aliphatic heterocycles. The van der Waals surface area contributed by atoms with E-state index in [0.717, 1.165) is 43.0 Å². The van der Waals surface area contributed by atoms with Gasteiger partial charge >= 0.3 is 0 Å². The van der Waals surface area contributed by atoms with Crippen molar-refractivity contribution in [2.24, 2.45) is 5.41 Å². The number of benzene rings is 1. The van der Waals surface area contributed by atoms with Gasteiger partial charge in [-0.25, -0.2) is 0 Å². The van der Waals surface area contributed by atoms with Crippen LogP contribution in [-0.2, 0) is 4.79 Å². The number of carbonyl (C=O) groups is 1. The Morgan fingerprint density at radius 1 is 1.21 bits per heavy atom. The molecule has 2 fully saturated rings. The summed E-state index contributed by atoms with van der Waals surface area (Å²) in [5.41, 5.74) is 1.14. The average molecular weight is 407 g/mol. The molecule has 1 amide bonds. The quantitative estimate of drug-likeness (QED) is 0.648. The lowest BCUT2D eigenvalue weighted by molar-refractivity contribution is -0.129. The number of amides is 1. The van der Waals surface area contributed by atoms with E-state index in [1.807, 2.05) is 11.0 Å². The highest BCUT2D eigenvalue weighted by atomic mass is 32.2. The summed E-state index contributed by atoms with van der Waals surface area (Å²) in [6.07, 6.45) is 4.95. The molecule has 0 radical (unpaired) electrons. The van der Waals surface area contributed by atoms with E-state index in [1.165, 1.54) is 12.8 Å². The van der Waals surface area contributed by atoms with Crippen molar-refractivity contribution in [3.8, 4) is 11.5 Å². The van der Waals surface area contributed by atoms with Gasteiger partial charge in [0, 0.05) is 13.1 Å². The lowest BCUT2D eigenvalue weighted by atomic mass is 9.92. The Kier molecular flexibility index (Phi) is 6.81. The molecule has 1 aromatic carbocycles. The number of ether oxygens (including phenoxy) is 2. The van der Waals surface area contributed by atoms with Crippen LogP contribution >= 0.6 is 11.8 Å². The van der Waals surface area contributed by atoms with Gasteiger partial charge in [-0.1, -0.05) is 19.9 Å². The van der Waals surface area contributed by atoms with E-state index in [4.69, 9.17) is 9.47 Å². The molecule has 1 atom stereocenters. The molecule has 1 aliphatic carbocycles. The molecule has 1 aromatic rings. The Labute approximate surface area is 173 Å². The maximum absolute atomic E-state index is 12.6. The van der Waals surface area contributed by atoms with Crippen LogP contribution in [0.25, 0.3) is 0 Å². The van der Waals surface area contributed by atoms with Gasteiger partial charge in [-0.3, -0.25) is 4.79 Å². The van der Waals surface area contributed by atoms with Gasteiger partial charge < -0.3 is 19.3 Å². The number of rotatable bonds is 8. The van der Waals surface area contributed by atoms with E-state index in [1.54, 1.807) is 18.9 Å². The molecular formula is C22H34N2O3S. The molecule has 5 nitrogen and oxygen atoms in total. The van der Waals surface area contributed by atoms with Crippen LogP contribution in [0.5, 0.6) is 11.5 Å². The number of methoxy groups -OCH3 is 1. The zero-order valence-corrected chi connectivity index (χ0v) is 18.7. The summed E-state index contributed by atoms with van der Waals surface area (Å²) in [6.45, 7) is 6.13. The van der Waals surface area contributed by atoms with Crippen LogP contribution in [0.3, 0.4) is 0 Å². The average Bonchev–Trinajstić information content (AvgIpc) is 3.24. The lowest BCUT2D eigenvalue weighted by Gasteiger charge is -2.35. The molecule has 0 aromatic heterocycles. The summed E-state index contributed by atoms with van der Waals surface area (Å²) < 4.78 is 11.8. The first kappa shape index (κ1) is 21.3. The van der Waals surface area contributed by atoms with E-state index in [0.29, 0.717) is 5.75 Å². The topological polar surface area (TPSA) is 42.0 Å². The summed E-state index contributed by atoms with van der Waals surface area (Å²) in [5, 5.41) is 0.0331. The van der Waals surface area contributed by atoms with Crippen LogP contribution in [0.1, 0.15) is 50.5 Å². The second-order valence-electron chi connectivity index (χ2n) is 9.02. The minimum atomic E-state index is 0.0258. The third-order valence-corrected chi connectivity index (χ3v) is 6.64. The fraction of sp³-hybridized carbons (Fsp3) is 0.682. The number of carbonyl (C=O) groups excluding carboxylic acids is 1.